The van der Waals surface area contributed by atoms with Gasteiger partial charge in [-0.15, -0.1) is 0 Å². The summed E-state index contributed by atoms with van der Waals surface area (Å²) in [7, 11) is 0. The molecular formula is C40H30N4. The average Bonchev–Trinajstić information content (AvgIpc) is 3.61. The van der Waals surface area contributed by atoms with Crippen molar-refractivity contribution >= 4 is 49.2 Å². The second kappa shape index (κ2) is 10.4. The molecule has 0 fully saturated rings. The maximum atomic E-state index is 5.90. The van der Waals surface area contributed by atoms with Gasteiger partial charge in [0.05, 0.1) is 22.1 Å². The number of benzene rings is 5. The highest BCUT2D eigenvalue weighted by Gasteiger charge is 2.21. The second-order valence-corrected chi connectivity index (χ2v) is 11.0. The van der Waals surface area contributed by atoms with Crippen LogP contribution in [0, 0.1) is 0 Å². The van der Waals surface area contributed by atoms with Crippen molar-refractivity contribution < 1.29 is 0 Å². The summed E-state index contributed by atoms with van der Waals surface area (Å²) in [4.78, 5) is 4.27. The van der Waals surface area contributed by atoms with Crippen molar-refractivity contribution in [3.63, 3.8) is 0 Å². The van der Waals surface area contributed by atoms with Gasteiger partial charge in [-0.1, -0.05) is 66.7 Å². The lowest BCUT2D eigenvalue weighted by molar-refractivity contribution is 1.17. The summed E-state index contributed by atoms with van der Waals surface area (Å²) in [5, 5.41) is 4.92. The molecule has 0 bridgehead atoms. The molecule has 0 aliphatic heterocycles. The Morgan fingerprint density at radius 3 is 2.07 bits per heavy atom. The number of hydrogen-bond acceptors (Lipinski definition) is 2. The lowest BCUT2D eigenvalue weighted by Crippen LogP contribution is -1.98. The van der Waals surface area contributed by atoms with Crippen LogP contribution in [0.15, 0.2) is 152 Å². The highest BCUT2D eigenvalue weighted by atomic mass is 15.0. The Kier molecular flexibility index (Phi) is 6.13. The van der Waals surface area contributed by atoms with Gasteiger partial charge < -0.3 is 14.9 Å². The Balaban J connectivity index is 1.55. The molecule has 0 amide bonds. The van der Waals surface area contributed by atoms with E-state index in [2.05, 4.69) is 148 Å². The van der Waals surface area contributed by atoms with Crippen LogP contribution < -0.4 is 5.73 Å². The molecule has 44 heavy (non-hydrogen) atoms. The van der Waals surface area contributed by atoms with Gasteiger partial charge in [-0.3, -0.25) is 4.98 Å². The predicted octanol–water partition coefficient (Wildman–Crippen LogP) is 9.82. The van der Waals surface area contributed by atoms with Crippen LogP contribution in [0.2, 0.25) is 0 Å². The molecule has 8 aromatic rings. The van der Waals surface area contributed by atoms with Gasteiger partial charge in [-0.25, -0.2) is 0 Å². The number of nitrogens with two attached hydrogens (primary N) is 1. The van der Waals surface area contributed by atoms with E-state index in [0.717, 1.165) is 33.6 Å². The van der Waals surface area contributed by atoms with Crippen molar-refractivity contribution in [3.05, 3.63) is 158 Å². The fourth-order valence-electron chi connectivity index (χ4n) is 6.71. The largest absolute Gasteiger partial charge is 0.405 e. The van der Waals surface area contributed by atoms with Crippen LogP contribution in [0.5, 0.6) is 0 Å². The molecule has 0 saturated carbocycles. The minimum absolute atomic E-state index is 1.07. The fourth-order valence-corrected chi connectivity index (χ4v) is 6.71. The van der Waals surface area contributed by atoms with Crippen molar-refractivity contribution in [2.75, 3.05) is 0 Å². The van der Waals surface area contributed by atoms with Gasteiger partial charge in [0.2, 0.25) is 0 Å². The normalized spacial score (nSPS) is 12.3. The van der Waals surface area contributed by atoms with Crippen LogP contribution in [0.3, 0.4) is 0 Å². The quantitative estimate of drug-likeness (QED) is 0.211. The average molecular weight is 567 g/mol. The van der Waals surface area contributed by atoms with Crippen molar-refractivity contribution in [2.45, 2.75) is 6.92 Å². The third-order valence-electron chi connectivity index (χ3n) is 8.59. The Bertz CT molecular complexity index is 2390. The minimum atomic E-state index is 1.07. The molecule has 5 aromatic carbocycles. The van der Waals surface area contributed by atoms with Crippen LogP contribution in [0.1, 0.15) is 12.5 Å². The molecule has 4 heteroatoms. The Morgan fingerprint density at radius 1 is 0.614 bits per heavy atom. The molecule has 3 heterocycles. The number of fused-ring (bicyclic) bond motifs is 7. The number of pyridine rings is 1. The molecule has 210 valence electrons. The molecule has 0 radical (unpaired) electrons. The molecular weight excluding hydrogens is 536 g/mol. The molecule has 0 unspecified atom stereocenters. The maximum Gasteiger partial charge on any atom is 0.0641 e. The molecule has 0 atom stereocenters. The van der Waals surface area contributed by atoms with E-state index in [4.69, 9.17) is 5.73 Å². The first kappa shape index (κ1) is 25.8. The lowest BCUT2D eigenvalue weighted by Gasteiger charge is -2.15. The summed E-state index contributed by atoms with van der Waals surface area (Å²) >= 11 is 0. The molecule has 0 spiro atoms. The van der Waals surface area contributed by atoms with Gasteiger partial charge in [0.15, 0.2) is 0 Å². The molecule has 0 aliphatic carbocycles. The zero-order chi connectivity index (χ0) is 29.6. The first-order chi connectivity index (χ1) is 21.8. The maximum absolute atomic E-state index is 5.90. The Hall–Kier alpha value is -5.87. The zero-order valence-electron chi connectivity index (χ0n) is 24.4. The third-order valence-corrected chi connectivity index (χ3v) is 8.59. The first-order valence-electron chi connectivity index (χ1n) is 14.9. The summed E-state index contributed by atoms with van der Waals surface area (Å²) < 4.78 is 4.83. The highest BCUT2D eigenvalue weighted by Crippen LogP contribution is 2.42. The number of rotatable bonds is 5. The minimum Gasteiger partial charge on any atom is -0.405 e. The van der Waals surface area contributed by atoms with E-state index >= 15 is 0 Å². The smallest absolute Gasteiger partial charge is 0.0641 e. The summed E-state index contributed by atoms with van der Waals surface area (Å²) in [5.74, 6) is 0. The fraction of sp³-hybridized carbons (Fsp3) is 0.0250. The van der Waals surface area contributed by atoms with Crippen LogP contribution >= 0.6 is 0 Å². The van der Waals surface area contributed by atoms with Crippen LogP contribution in [0.25, 0.3) is 71.7 Å². The van der Waals surface area contributed by atoms with E-state index in [1.165, 1.54) is 43.6 Å². The van der Waals surface area contributed by atoms with Gasteiger partial charge in [0.1, 0.15) is 0 Å². The van der Waals surface area contributed by atoms with Gasteiger partial charge in [-0.2, -0.15) is 0 Å². The first-order valence-corrected chi connectivity index (χ1v) is 14.9. The SMILES string of the molecule is C/C=C(\C=C/N)c1cc(-c2ccncc2)cc(-n2c3ccccc3c3ccc4c(c5ccccc5n4-c4ccccc4)c32)c1. The second-order valence-electron chi connectivity index (χ2n) is 11.0. The summed E-state index contributed by atoms with van der Waals surface area (Å²) in [5.41, 5.74) is 17.3. The molecule has 3 aromatic heterocycles. The number of aromatic nitrogens is 3. The van der Waals surface area contributed by atoms with E-state index in [9.17, 15) is 0 Å². The van der Waals surface area contributed by atoms with E-state index < -0.39 is 0 Å². The van der Waals surface area contributed by atoms with Crippen LogP contribution in [-0.2, 0) is 0 Å². The highest BCUT2D eigenvalue weighted by molar-refractivity contribution is 6.26. The molecule has 0 saturated heterocycles. The molecule has 8 rings (SSSR count). The van der Waals surface area contributed by atoms with E-state index in [0.29, 0.717) is 0 Å². The van der Waals surface area contributed by atoms with Gasteiger partial charge in [-0.05, 0) is 102 Å². The monoisotopic (exact) mass is 566 g/mol. The van der Waals surface area contributed by atoms with Crippen molar-refractivity contribution in [1.29, 1.82) is 0 Å². The summed E-state index contributed by atoms with van der Waals surface area (Å²) in [6.07, 6.45) is 9.38. The summed E-state index contributed by atoms with van der Waals surface area (Å²) in [6.45, 7) is 2.05. The van der Waals surface area contributed by atoms with Crippen LogP contribution in [-0.4, -0.2) is 14.1 Å². The van der Waals surface area contributed by atoms with Crippen molar-refractivity contribution in [1.82, 2.24) is 14.1 Å². The number of nitrogens with zero attached hydrogens (tertiary/aromatic N) is 3. The van der Waals surface area contributed by atoms with Crippen LogP contribution in [0.4, 0.5) is 0 Å². The zero-order valence-corrected chi connectivity index (χ0v) is 24.4. The summed E-state index contributed by atoms with van der Waals surface area (Å²) in [6, 6.07) is 43.6. The van der Waals surface area contributed by atoms with Crippen molar-refractivity contribution in [2.24, 2.45) is 5.73 Å². The topological polar surface area (TPSA) is 48.8 Å². The molecule has 0 aliphatic rings. The standard InChI is InChI=1S/C40H30N4/c1-2-27(18-21-41)29-24-30(28-19-22-42-23-20-28)26-32(25-29)44-36-14-8-6-12-33(36)34-16-17-38-39(40(34)44)35-13-7-9-15-37(35)43(38)31-10-4-3-5-11-31/h2-26H,41H2,1H3/b21-18-,27-2+. The van der Waals surface area contributed by atoms with Gasteiger partial charge in [0, 0.05) is 45.3 Å². The van der Waals surface area contributed by atoms with E-state index in [1.54, 1.807) is 6.20 Å². The molecule has 4 nitrogen and oxygen atoms in total. The van der Waals surface area contributed by atoms with Crippen molar-refractivity contribution in [3.8, 4) is 22.5 Å². The number of para-hydroxylation sites is 3. The predicted molar refractivity (Wildman–Crippen MR) is 185 cm³/mol. The Labute approximate surface area is 255 Å². The third kappa shape index (κ3) is 3.96. The van der Waals surface area contributed by atoms with E-state index in [1.807, 2.05) is 18.5 Å². The van der Waals surface area contributed by atoms with Gasteiger partial charge >= 0.3 is 0 Å². The molecule has 2 N–H and O–H groups in total. The lowest BCUT2D eigenvalue weighted by atomic mass is 9.98. The Morgan fingerprint density at radius 2 is 1.32 bits per heavy atom. The number of allylic oxidation sites excluding steroid dienone is 3. The van der Waals surface area contributed by atoms with Gasteiger partial charge in [0.25, 0.3) is 0 Å². The number of hydrogen-bond donors (Lipinski definition) is 1. The van der Waals surface area contributed by atoms with E-state index in [-0.39, 0.29) is 0 Å².